The van der Waals surface area contributed by atoms with Crippen LogP contribution in [0.2, 0.25) is 0 Å². The summed E-state index contributed by atoms with van der Waals surface area (Å²) in [7, 11) is -0.928. The smallest absolute Gasteiger partial charge is 0.285 e. The second-order valence-electron chi connectivity index (χ2n) is 5.36. The summed E-state index contributed by atoms with van der Waals surface area (Å²) < 4.78 is 55.7. The van der Waals surface area contributed by atoms with Gasteiger partial charge in [-0.3, -0.25) is 0 Å². The molecule has 0 spiro atoms. The molecule has 0 aliphatic rings. The quantitative estimate of drug-likeness (QED) is 0.642. The van der Waals surface area contributed by atoms with Gasteiger partial charge in [0.1, 0.15) is 11.6 Å². The Bertz CT molecular complexity index is 1090. The van der Waals surface area contributed by atoms with Crippen molar-refractivity contribution < 1.29 is 22.3 Å². The zero-order chi connectivity index (χ0) is 18.7. The van der Waals surface area contributed by atoms with Crippen molar-refractivity contribution in [2.24, 2.45) is 4.40 Å². The molecule has 1 aromatic heterocycles. The number of hydrogen-bond donors (Lipinski definition) is 0. The number of fused-ring (bicyclic) bond motifs is 1. The SMILES string of the molecule is COCCn1/c(=N/S(=O)(=O)c2ccc(OC)cc2)sc2cccc(F)c21. The molecule has 9 heteroatoms. The first kappa shape index (κ1) is 18.6. The topological polar surface area (TPSA) is 69.9 Å². The zero-order valence-electron chi connectivity index (χ0n) is 14.2. The van der Waals surface area contributed by atoms with Crippen LogP contribution < -0.4 is 9.54 Å². The van der Waals surface area contributed by atoms with Gasteiger partial charge in [0, 0.05) is 13.7 Å². The average Bonchev–Trinajstić information content (AvgIpc) is 2.97. The summed E-state index contributed by atoms with van der Waals surface area (Å²) in [6, 6.07) is 10.6. The van der Waals surface area contributed by atoms with Crippen molar-refractivity contribution >= 4 is 31.6 Å². The molecular weight excluding hydrogens is 379 g/mol. The van der Waals surface area contributed by atoms with E-state index in [0.717, 1.165) is 11.3 Å². The molecule has 3 rings (SSSR count). The minimum atomic E-state index is -3.95. The molecule has 6 nitrogen and oxygen atoms in total. The van der Waals surface area contributed by atoms with E-state index >= 15 is 0 Å². The number of nitrogens with zero attached hydrogens (tertiary/aromatic N) is 2. The number of para-hydroxylation sites is 1. The van der Waals surface area contributed by atoms with Crippen LogP contribution in [0.5, 0.6) is 5.75 Å². The Morgan fingerprint density at radius 2 is 1.88 bits per heavy atom. The maximum absolute atomic E-state index is 14.3. The van der Waals surface area contributed by atoms with Crippen molar-refractivity contribution in [2.45, 2.75) is 11.4 Å². The van der Waals surface area contributed by atoms with E-state index < -0.39 is 15.8 Å². The third-order valence-corrected chi connectivity index (χ3v) is 6.17. The maximum atomic E-state index is 14.3. The lowest BCUT2D eigenvalue weighted by molar-refractivity contribution is 0.187. The number of aromatic nitrogens is 1. The summed E-state index contributed by atoms with van der Waals surface area (Å²) in [6.45, 7) is 0.588. The number of hydrogen-bond acceptors (Lipinski definition) is 5. The van der Waals surface area contributed by atoms with Crippen molar-refractivity contribution in [1.29, 1.82) is 0 Å². The van der Waals surface area contributed by atoms with Crippen molar-refractivity contribution in [1.82, 2.24) is 4.57 Å². The molecule has 0 fully saturated rings. The Morgan fingerprint density at radius 3 is 2.54 bits per heavy atom. The Morgan fingerprint density at radius 1 is 1.15 bits per heavy atom. The van der Waals surface area contributed by atoms with E-state index in [1.807, 2.05) is 0 Å². The van der Waals surface area contributed by atoms with Crippen molar-refractivity contribution in [3.05, 3.63) is 53.1 Å². The number of rotatable bonds is 6. The lowest BCUT2D eigenvalue weighted by Crippen LogP contribution is -2.20. The molecule has 0 saturated heterocycles. The average molecular weight is 396 g/mol. The first-order valence-electron chi connectivity index (χ1n) is 7.68. The summed E-state index contributed by atoms with van der Waals surface area (Å²) in [6.07, 6.45) is 0. The van der Waals surface area contributed by atoms with Gasteiger partial charge in [-0.15, -0.1) is 4.40 Å². The molecule has 0 bridgehead atoms. The van der Waals surface area contributed by atoms with Gasteiger partial charge in [0.05, 0.1) is 28.8 Å². The van der Waals surface area contributed by atoms with Crippen LogP contribution in [0.1, 0.15) is 0 Å². The highest BCUT2D eigenvalue weighted by Gasteiger charge is 2.16. The molecule has 26 heavy (non-hydrogen) atoms. The van der Waals surface area contributed by atoms with Gasteiger partial charge in [0.25, 0.3) is 10.0 Å². The largest absolute Gasteiger partial charge is 0.497 e. The van der Waals surface area contributed by atoms with Crippen LogP contribution in [0.4, 0.5) is 4.39 Å². The molecule has 3 aromatic rings. The van der Waals surface area contributed by atoms with Crippen molar-refractivity contribution in [3.8, 4) is 5.75 Å². The fourth-order valence-electron chi connectivity index (χ4n) is 2.45. The third kappa shape index (κ3) is 3.64. The van der Waals surface area contributed by atoms with Gasteiger partial charge in [0.15, 0.2) is 0 Å². The van der Waals surface area contributed by atoms with Gasteiger partial charge in [-0.2, -0.15) is 8.42 Å². The van der Waals surface area contributed by atoms with Crippen LogP contribution in [-0.4, -0.2) is 33.8 Å². The molecule has 0 saturated carbocycles. The molecule has 0 aliphatic heterocycles. The van der Waals surface area contributed by atoms with Crippen LogP contribution in [-0.2, 0) is 21.3 Å². The highest BCUT2D eigenvalue weighted by Crippen LogP contribution is 2.22. The standard InChI is InChI=1S/C17H17FN2O4S2/c1-23-11-10-20-16-14(18)4-3-5-15(16)25-17(20)19-26(21,22)13-8-6-12(24-2)7-9-13/h3-9H,10-11H2,1-2H3/b19-17-. The van der Waals surface area contributed by atoms with Crippen LogP contribution >= 0.6 is 11.3 Å². The van der Waals surface area contributed by atoms with E-state index in [9.17, 15) is 12.8 Å². The predicted octanol–water partition coefficient (Wildman–Crippen LogP) is 2.79. The van der Waals surface area contributed by atoms with Crippen LogP contribution in [0.15, 0.2) is 51.8 Å². The van der Waals surface area contributed by atoms with Gasteiger partial charge in [-0.05, 0) is 36.4 Å². The highest BCUT2D eigenvalue weighted by atomic mass is 32.2. The van der Waals surface area contributed by atoms with Crippen LogP contribution in [0, 0.1) is 5.82 Å². The fraction of sp³-hybridized carbons (Fsp3) is 0.235. The van der Waals surface area contributed by atoms with Gasteiger partial charge in [0.2, 0.25) is 4.80 Å². The van der Waals surface area contributed by atoms with E-state index in [2.05, 4.69) is 4.40 Å². The molecule has 0 unspecified atom stereocenters. The number of methoxy groups -OCH3 is 2. The van der Waals surface area contributed by atoms with Gasteiger partial charge >= 0.3 is 0 Å². The fourth-order valence-corrected chi connectivity index (χ4v) is 4.72. The monoisotopic (exact) mass is 396 g/mol. The van der Waals surface area contributed by atoms with Gasteiger partial charge in [-0.25, -0.2) is 4.39 Å². The molecule has 0 N–H and O–H groups in total. The minimum Gasteiger partial charge on any atom is -0.497 e. The molecule has 0 atom stereocenters. The van der Waals surface area contributed by atoms with E-state index in [0.29, 0.717) is 22.6 Å². The van der Waals surface area contributed by atoms with Crippen molar-refractivity contribution in [2.75, 3.05) is 20.8 Å². The van der Waals surface area contributed by atoms with E-state index in [-0.39, 0.29) is 16.2 Å². The van der Waals surface area contributed by atoms with E-state index in [1.165, 1.54) is 37.0 Å². The third-order valence-electron chi connectivity index (χ3n) is 3.73. The first-order chi connectivity index (χ1) is 12.5. The highest BCUT2D eigenvalue weighted by molar-refractivity contribution is 7.90. The Balaban J connectivity index is 2.17. The molecule has 0 amide bonds. The summed E-state index contributed by atoms with van der Waals surface area (Å²) in [5.41, 5.74) is 0.318. The lowest BCUT2D eigenvalue weighted by atomic mass is 10.3. The summed E-state index contributed by atoms with van der Waals surface area (Å²) >= 11 is 1.11. The Kier molecular flexibility index (Phi) is 5.40. The first-order valence-corrected chi connectivity index (χ1v) is 9.94. The summed E-state index contributed by atoms with van der Waals surface area (Å²) in [4.78, 5) is 0.229. The zero-order valence-corrected chi connectivity index (χ0v) is 15.8. The number of benzene rings is 2. The predicted molar refractivity (Wildman–Crippen MR) is 97.4 cm³/mol. The molecule has 1 heterocycles. The second kappa shape index (κ2) is 7.56. The number of thiazole rings is 1. The maximum Gasteiger partial charge on any atom is 0.285 e. The van der Waals surface area contributed by atoms with Gasteiger partial charge < -0.3 is 14.0 Å². The van der Waals surface area contributed by atoms with Gasteiger partial charge in [-0.1, -0.05) is 17.4 Å². The second-order valence-corrected chi connectivity index (χ2v) is 7.97. The number of ether oxygens (including phenoxy) is 2. The molecule has 0 aliphatic carbocycles. The van der Waals surface area contributed by atoms with E-state index in [1.54, 1.807) is 24.3 Å². The normalized spacial score (nSPS) is 12.7. The minimum absolute atomic E-state index is 0.0366. The summed E-state index contributed by atoms with van der Waals surface area (Å²) in [5, 5.41) is 0. The number of halogens is 1. The molecule has 2 aromatic carbocycles. The van der Waals surface area contributed by atoms with E-state index in [4.69, 9.17) is 9.47 Å². The van der Waals surface area contributed by atoms with Crippen LogP contribution in [0.25, 0.3) is 10.2 Å². The number of sulfonamides is 1. The Labute approximate surface area is 154 Å². The Hall–Kier alpha value is -2.23. The lowest BCUT2D eigenvalue weighted by Gasteiger charge is -2.05. The summed E-state index contributed by atoms with van der Waals surface area (Å²) in [5.74, 6) is 0.112. The van der Waals surface area contributed by atoms with Crippen molar-refractivity contribution in [3.63, 3.8) is 0 Å². The molecular formula is C17H17FN2O4S2. The van der Waals surface area contributed by atoms with Crippen LogP contribution in [0.3, 0.4) is 0 Å². The molecule has 0 radical (unpaired) electrons. The molecule has 138 valence electrons.